The topological polar surface area (TPSA) is 90.2 Å². The lowest BCUT2D eigenvalue weighted by Gasteiger charge is -2.13. The van der Waals surface area contributed by atoms with Gasteiger partial charge in [0.2, 0.25) is 5.91 Å². The molecule has 0 radical (unpaired) electrons. The molecule has 0 heterocycles. The highest BCUT2D eigenvalue weighted by Gasteiger charge is 2.25. The number of halogens is 1. The molecule has 19 heavy (non-hydrogen) atoms. The Bertz CT molecular complexity index is 485. The summed E-state index contributed by atoms with van der Waals surface area (Å²) in [5.41, 5.74) is 0.337. The van der Waals surface area contributed by atoms with Gasteiger partial charge in [-0.3, -0.25) is 10.2 Å². The number of carboxylic acids is 1. The number of hydrogen-bond donors (Lipinski definition) is 3. The molecule has 0 spiro atoms. The highest BCUT2D eigenvalue weighted by Crippen LogP contribution is 2.11. The summed E-state index contributed by atoms with van der Waals surface area (Å²) in [6, 6.07) is 7.43. The SMILES string of the molecule is CCC(C(=N)C(=O)O)C(=O)NCc1ccc(Br)cc1. The van der Waals surface area contributed by atoms with Crippen LogP contribution in [0.25, 0.3) is 0 Å². The van der Waals surface area contributed by atoms with Crippen LogP contribution in [0.1, 0.15) is 18.9 Å². The van der Waals surface area contributed by atoms with Gasteiger partial charge in [-0.15, -0.1) is 0 Å². The van der Waals surface area contributed by atoms with Crippen molar-refractivity contribution in [3.8, 4) is 0 Å². The molecule has 0 aliphatic heterocycles. The first-order valence-electron chi connectivity index (χ1n) is 5.79. The molecule has 3 N–H and O–H groups in total. The average Bonchev–Trinajstić information content (AvgIpc) is 2.38. The highest BCUT2D eigenvalue weighted by atomic mass is 79.9. The molecule has 5 nitrogen and oxygen atoms in total. The molecule has 1 aromatic rings. The predicted molar refractivity (Wildman–Crippen MR) is 75.1 cm³/mol. The maximum Gasteiger partial charge on any atom is 0.350 e. The van der Waals surface area contributed by atoms with Crippen LogP contribution in [-0.2, 0) is 16.1 Å². The van der Waals surface area contributed by atoms with Crippen molar-refractivity contribution < 1.29 is 14.7 Å². The van der Waals surface area contributed by atoms with Crippen molar-refractivity contribution in [1.29, 1.82) is 5.41 Å². The zero-order valence-electron chi connectivity index (χ0n) is 10.4. The van der Waals surface area contributed by atoms with E-state index in [0.717, 1.165) is 10.0 Å². The monoisotopic (exact) mass is 326 g/mol. The summed E-state index contributed by atoms with van der Waals surface area (Å²) < 4.78 is 0.946. The van der Waals surface area contributed by atoms with Gasteiger partial charge in [0.25, 0.3) is 0 Å². The summed E-state index contributed by atoms with van der Waals surface area (Å²) >= 11 is 3.31. The first-order chi connectivity index (χ1) is 8.95. The second-order valence-corrected chi connectivity index (χ2v) is 4.94. The van der Waals surface area contributed by atoms with Gasteiger partial charge in [0, 0.05) is 11.0 Å². The van der Waals surface area contributed by atoms with Crippen LogP contribution in [0.2, 0.25) is 0 Å². The minimum atomic E-state index is -1.36. The van der Waals surface area contributed by atoms with Gasteiger partial charge < -0.3 is 10.4 Å². The van der Waals surface area contributed by atoms with Gasteiger partial charge >= 0.3 is 5.97 Å². The van der Waals surface area contributed by atoms with Gasteiger partial charge in [-0.1, -0.05) is 35.0 Å². The van der Waals surface area contributed by atoms with Gasteiger partial charge in [-0.25, -0.2) is 4.79 Å². The number of hydrogen-bond acceptors (Lipinski definition) is 3. The summed E-state index contributed by atoms with van der Waals surface area (Å²) in [6.45, 7) is 2.00. The molecule has 0 aromatic heterocycles. The van der Waals surface area contributed by atoms with Gasteiger partial charge in [0.1, 0.15) is 5.71 Å². The fourth-order valence-electron chi connectivity index (χ4n) is 1.58. The quantitative estimate of drug-likeness (QED) is 0.700. The molecule has 1 rings (SSSR count). The molecular formula is C13H15BrN2O3. The van der Waals surface area contributed by atoms with E-state index < -0.39 is 23.5 Å². The molecule has 1 atom stereocenters. The van der Waals surface area contributed by atoms with E-state index in [9.17, 15) is 9.59 Å². The molecule has 1 amide bonds. The summed E-state index contributed by atoms with van der Waals surface area (Å²) in [6.07, 6.45) is 0.289. The number of nitrogens with one attached hydrogen (secondary N) is 2. The molecule has 0 saturated heterocycles. The molecule has 1 unspecified atom stereocenters. The Hall–Kier alpha value is -1.69. The number of carbonyl (C=O) groups is 2. The molecular weight excluding hydrogens is 312 g/mol. The Morgan fingerprint density at radius 2 is 1.95 bits per heavy atom. The zero-order valence-corrected chi connectivity index (χ0v) is 12.0. The smallest absolute Gasteiger partial charge is 0.350 e. The van der Waals surface area contributed by atoms with Crippen molar-refractivity contribution in [1.82, 2.24) is 5.32 Å². The third-order valence-corrected chi connectivity index (χ3v) is 3.21. The second kappa shape index (κ2) is 7.04. The Morgan fingerprint density at radius 3 is 2.42 bits per heavy atom. The van der Waals surface area contributed by atoms with E-state index in [4.69, 9.17) is 10.5 Å². The number of rotatable bonds is 6. The highest BCUT2D eigenvalue weighted by molar-refractivity contribution is 9.10. The normalized spacial score (nSPS) is 11.7. The van der Waals surface area contributed by atoms with Gasteiger partial charge in [-0.05, 0) is 24.1 Å². The summed E-state index contributed by atoms with van der Waals surface area (Å²) in [7, 11) is 0. The number of amides is 1. The van der Waals surface area contributed by atoms with E-state index in [1.165, 1.54) is 0 Å². The van der Waals surface area contributed by atoms with E-state index in [0.29, 0.717) is 6.54 Å². The zero-order chi connectivity index (χ0) is 14.4. The van der Waals surface area contributed by atoms with Gasteiger partial charge in [-0.2, -0.15) is 0 Å². The van der Waals surface area contributed by atoms with Crippen LogP contribution >= 0.6 is 15.9 Å². The van der Waals surface area contributed by atoms with Crippen molar-refractivity contribution in [3.05, 3.63) is 34.3 Å². The number of aliphatic carboxylic acids is 1. The maximum absolute atomic E-state index is 11.8. The number of carboxylic acid groups (broad SMARTS) is 1. The Balaban J connectivity index is 2.61. The minimum Gasteiger partial charge on any atom is -0.477 e. The van der Waals surface area contributed by atoms with Crippen molar-refractivity contribution in [2.45, 2.75) is 19.9 Å². The van der Waals surface area contributed by atoms with Crippen LogP contribution in [-0.4, -0.2) is 22.7 Å². The van der Waals surface area contributed by atoms with Crippen LogP contribution in [0.5, 0.6) is 0 Å². The summed E-state index contributed by atoms with van der Waals surface area (Å²) in [5, 5.41) is 18.8. The molecule has 6 heteroatoms. The van der Waals surface area contributed by atoms with E-state index >= 15 is 0 Å². The van der Waals surface area contributed by atoms with Gasteiger partial charge in [0.05, 0.1) is 5.92 Å². The van der Waals surface area contributed by atoms with E-state index in [1.54, 1.807) is 6.92 Å². The lowest BCUT2D eigenvalue weighted by atomic mass is 9.99. The molecule has 0 aliphatic rings. The van der Waals surface area contributed by atoms with Crippen molar-refractivity contribution in [2.24, 2.45) is 5.92 Å². The Kier molecular flexibility index (Phi) is 5.69. The standard InChI is InChI=1S/C13H15BrN2O3/c1-2-10(11(15)13(18)19)12(17)16-7-8-3-5-9(14)6-4-8/h3-6,10,15H,2,7H2,1H3,(H,16,17)(H,18,19). The van der Waals surface area contributed by atoms with Crippen LogP contribution in [0.4, 0.5) is 0 Å². The summed E-state index contributed by atoms with van der Waals surface area (Å²) in [5.74, 6) is -2.70. The lowest BCUT2D eigenvalue weighted by molar-refractivity contribution is -0.131. The maximum atomic E-state index is 11.8. The molecule has 1 aromatic carbocycles. The first-order valence-corrected chi connectivity index (χ1v) is 6.59. The number of carbonyl (C=O) groups excluding carboxylic acids is 1. The molecule has 0 aliphatic carbocycles. The van der Waals surface area contributed by atoms with E-state index in [2.05, 4.69) is 21.2 Å². The van der Waals surface area contributed by atoms with Crippen LogP contribution in [0.3, 0.4) is 0 Å². The first kappa shape index (κ1) is 15.4. The van der Waals surface area contributed by atoms with Crippen molar-refractivity contribution in [2.75, 3.05) is 0 Å². The third-order valence-electron chi connectivity index (χ3n) is 2.68. The fraction of sp³-hybridized carbons (Fsp3) is 0.308. The largest absolute Gasteiger partial charge is 0.477 e. The van der Waals surface area contributed by atoms with Crippen LogP contribution < -0.4 is 5.32 Å². The average molecular weight is 327 g/mol. The molecule has 0 fully saturated rings. The number of benzene rings is 1. The second-order valence-electron chi connectivity index (χ2n) is 4.02. The fourth-order valence-corrected chi connectivity index (χ4v) is 1.85. The van der Waals surface area contributed by atoms with Crippen LogP contribution in [0.15, 0.2) is 28.7 Å². The Morgan fingerprint density at radius 1 is 1.37 bits per heavy atom. The van der Waals surface area contributed by atoms with Crippen molar-refractivity contribution >= 4 is 33.5 Å². The molecule has 0 bridgehead atoms. The van der Waals surface area contributed by atoms with E-state index in [-0.39, 0.29) is 6.42 Å². The molecule has 102 valence electrons. The van der Waals surface area contributed by atoms with Gasteiger partial charge in [0.15, 0.2) is 0 Å². The Labute approximate surface area is 119 Å². The molecule has 0 saturated carbocycles. The minimum absolute atomic E-state index is 0.289. The predicted octanol–water partition coefficient (Wildman–Crippen LogP) is 2.20. The lowest BCUT2D eigenvalue weighted by Crippen LogP contribution is -2.37. The van der Waals surface area contributed by atoms with E-state index in [1.807, 2.05) is 24.3 Å². The van der Waals surface area contributed by atoms with Crippen molar-refractivity contribution in [3.63, 3.8) is 0 Å². The van der Waals surface area contributed by atoms with Crippen LogP contribution in [0, 0.1) is 11.3 Å². The third kappa shape index (κ3) is 4.48. The summed E-state index contributed by atoms with van der Waals surface area (Å²) in [4.78, 5) is 22.5.